The number of rotatable bonds is 8. The molecule has 2 N–H and O–H groups in total. The van der Waals surface area contributed by atoms with Gasteiger partial charge in [-0.05, 0) is 30.7 Å². The molecule has 0 saturated heterocycles. The van der Waals surface area contributed by atoms with Crippen molar-refractivity contribution < 1.29 is 9.53 Å². The Labute approximate surface area is 137 Å². The van der Waals surface area contributed by atoms with Crippen LogP contribution in [0.2, 0.25) is 0 Å². The highest BCUT2D eigenvalue weighted by Gasteiger charge is 2.13. The molecule has 1 aromatic rings. The summed E-state index contributed by atoms with van der Waals surface area (Å²) in [4.78, 5) is 17.4. The number of nitrogens with zero attached hydrogens (tertiary/aromatic N) is 1. The van der Waals surface area contributed by atoms with Crippen LogP contribution < -0.4 is 10.6 Å². The highest BCUT2D eigenvalue weighted by Crippen LogP contribution is 2.14. The second-order valence-electron chi connectivity index (χ2n) is 5.41. The molecule has 1 heterocycles. The van der Waals surface area contributed by atoms with E-state index in [-0.39, 0.29) is 11.9 Å². The van der Waals surface area contributed by atoms with Crippen LogP contribution in [-0.2, 0) is 16.0 Å². The zero-order valence-electron chi connectivity index (χ0n) is 13.9. The largest absolute Gasteiger partial charge is 0.469 e. The van der Waals surface area contributed by atoms with Gasteiger partial charge >= 0.3 is 5.97 Å². The highest BCUT2D eigenvalue weighted by atomic mass is 32.1. The van der Waals surface area contributed by atoms with E-state index in [0.29, 0.717) is 12.5 Å². The van der Waals surface area contributed by atoms with E-state index in [1.165, 1.54) is 12.0 Å². The van der Waals surface area contributed by atoms with Gasteiger partial charge in [0.05, 0.1) is 13.0 Å². The second-order valence-corrected chi connectivity index (χ2v) is 6.45. The monoisotopic (exact) mass is 325 g/mol. The maximum absolute atomic E-state index is 11.4. The Balaban J connectivity index is 2.45. The third-order valence-corrected chi connectivity index (χ3v) is 4.11. The number of nitrogens with one attached hydrogen (secondary N) is 2. The van der Waals surface area contributed by atoms with Gasteiger partial charge in [-0.1, -0.05) is 19.9 Å². The summed E-state index contributed by atoms with van der Waals surface area (Å²) in [7, 11) is 1.41. The van der Waals surface area contributed by atoms with Crippen LogP contribution in [0.15, 0.2) is 22.5 Å². The van der Waals surface area contributed by atoms with Gasteiger partial charge in [0.1, 0.15) is 0 Å². The van der Waals surface area contributed by atoms with Crippen LogP contribution in [0.1, 0.15) is 25.6 Å². The van der Waals surface area contributed by atoms with Gasteiger partial charge in [-0.3, -0.25) is 9.79 Å². The topological polar surface area (TPSA) is 62.7 Å². The fraction of sp³-hybridized carbons (Fsp3) is 0.625. The van der Waals surface area contributed by atoms with E-state index >= 15 is 0 Å². The van der Waals surface area contributed by atoms with Crippen molar-refractivity contribution in [2.24, 2.45) is 16.8 Å². The summed E-state index contributed by atoms with van der Waals surface area (Å²) in [6.45, 7) is 8.11. The molecule has 6 heteroatoms. The molecular weight excluding hydrogens is 298 g/mol. The molecule has 124 valence electrons. The van der Waals surface area contributed by atoms with Crippen molar-refractivity contribution in [3.8, 4) is 0 Å². The molecule has 0 aliphatic heterocycles. The molecular formula is C16H27N3O2S. The van der Waals surface area contributed by atoms with Gasteiger partial charge in [0.2, 0.25) is 0 Å². The summed E-state index contributed by atoms with van der Waals surface area (Å²) in [6.07, 6.45) is 1.04. The molecule has 5 nitrogen and oxygen atoms in total. The van der Waals surface area contributed by atoms with E-state index in [1.807, 2.05) is 13.8 Å². The fourth-order valence-corrected chi connectivity index (χ4v) is 2.83. The molecule has 0 spiro atoms. The van der Waals surface area contributed by atoms with Gasteiger partial charge in [-0.25, -0.2) is 0 Å². The molecule has 0 amide bonds. The highest BCUT2D eigenvalue weighted by molar-refractivity contribution is 7.09. The van der Waals surface area contributed by atoms with Gasteiger partial charge in [0.25, 0.3) is 0 Å². The van der Waals surface area contributed by atoms with Crippen molar-refractivity contribution in [2.45, 2.75) is 27.2 Å². The Morgan fingerprint density at radius 2 is 2.18 bits per heavy atom. The van der Waals surface area contributed by atoms with Gasteiger partial charge in [-0.15, -0.1) is 11.3 Å². The first-order chi connectivity index (χ1) is 10.6. The Hall–Kier alpha value is -1.56. The lowest BCUT2D eigenvalue weighted by molar-refractivity contribution is -0.144. The zero-order valence-corrected chi connectivity index (χ0v) is 14.7. The summed E-state index contributed by atoms with van der Waals surface area (Å²) < 4.78 is 4.72. The van der Waals surface area contributed by atoms with Crippen LogP contribution in [-0.4, -0.2) is 38.7 Å². The predicted molar refractivity (Wildman–Crippen MR) is 92.3 cm³/mol. The average molecular weight is 325 g/mol. The van der Waals surface area contributed by atoms with Gasteiger partial charge in [-0.2, -0.15) is 0 Å². The first-order valence-electron chi connectivity index (χ1n) is 7.69. The summed E-state index contributed by atoms with van der Waals surface area (Å²) in [6, 6.07) is 4.24. The maximum atomic E-state index is 11.4. The summed E-state index contributed by atoms with van der Waals surface area (Å²) >= 11 is 1.78. The number of ether oxygens (including phenoxy) is 1. The molecule has 2 atom stereocenters. The van der Waals surface area contributed by atoms with E-state index in [0.717, 1.165) is 25.5 Å². The van der Waals surface area contributed by atoms with Crippen molar-refractivity contribution >= 4 is 23.3 Å². The minimum Gasteiger partial charge on any atom is -0.469 e. The minimum atomic E-state index is -0.214. The van der Waals surface area contributed by atoms with E-state index < -0.39 is 0 Å². The third kappa shape index (κ3) is 6.93. The molecule has 0 aromatic carbocycles. The van der Waals surface area contributed by atoms with E-state index in [2.05, 4.69) is 40.1 Å². The van der Waals surface area contributed by atoms with Crippen LogP contribution in [0.4, 0.5) is 0 Å². The normalized spacial score (nSPS) is 14.3. The Morgan fingerprint density at radius 1 is 1.41 bits per heavy atom. The van der Waals surface area contributed by atoms with E-state index in [9.17, 15) is 4.79 Å². The maximum Gasteiger partial charge on any atom is 0.310 e. The first kappa shape index (κ1) is 18.5. The molecule has 22 heavy (non-hydrogen) atoms. The molecule has 0 fully saturated rings. The molecule has 0 saturated carbocycles. The quantitative estimate of drug-likeness (QED) is 0.437. The van der Waals surface area contributed by atoms with E-state index in [1.54, 1.807) is 11.3 Å². The number of methoxy groups -OCH3 is 1. The van der Waals surface area contributed by atoms with Crippen LogP contribution >= 0.6 is 11.3 Å². The Morgan fingerprint density at radius 3 is 2.77 bits per heavy atom. The lowest BCUT2D eigenvalue weighted by atomic mass is 10.1. The van der Waals surface area contributed by atoms with Crippen LogP contribution in [0.3, 0.4) is 0 Å². The summed E-state index contributed by atoms with van der Waals surface area (Å²) in [5.41, 5.74) is 0. The van der Waals surface area contributed by atoms with Crippen LogP contribution in [0.5, 0.6) is 0 Å². The molecule has 0 bridgehead atoms. The molecule has 1 rings (SSSR count). The zero-order chi connectivity index (χ0) is 16.4. The lowest BCUT2D eigenvalue weighted by Crippen LogP contribution is -2.41. The number of hydrogen-bond acceptors (Lipinski definition) is 4. The Kier molecular flexibility index (Phi) is 8.58. The Bertz CT molecular complexity index is 460. The van der Waals surface area contributed by atoms with Crippen molar-refractivity contribution in [3.63, 3.8) is 0 Å². The molecule has 0 aliphatic rings. The number of hydrogen-bond donors (Lipinski definition) is 2. The predicted octanol–water partition coefficient (Wildman–Crippen LogP) is 2.29. The van der Waals surface area contributed by atoms with Crippen LogP contribution in [0, 0.1) is 11.8 Å². The van der Waals surface area contributed by atoms with Gasteiger partial charge in [0, 0.05) is 24.5 Å². The molecule has 0 radical (unpaired) electrons. The smallest absolute Gasteiger partial charge is 0.310 e. The van der Waals surface area contributed by atoms with E-state index in [4.69, 9.17) is 4.74 Å². The summed E-state index contributed by atoms with van der Waals surface area (Å²) in [5, 5.41) is 8.49. The van der Waals surface area contributed by atoms with Crippen molar-refractivity contribution in [1.29, 1.82) is 0 Å². The number of aliphatic imine (C=N–C) groups is 1. The second kappa shape index (κ2) is 10.2. The number of carbonyl (C=O) groups is 1. The first-order valence-corrected chi connectivity index (χ1v) is 8.57. The number of carbonyl (C=O) groups excluding carboxylic acids is 1. The van der Waals surface area contributed by atoms with Gasteiger partial charge < -0.3 is 15.4 Å². The third-order valence-electron chi connectivity index (χ3n) is 3.21. The average Bonchev–Trinajstić information content (AvgIpc) is 3.01. The fourth-order valence-electron chi connectivity index (χ4n) is 1.96. The lowest BCUT2D eigenvalue weighted by Gasteiger charge is -2.15. The molecule has 0 aliphatic carbocycles. The van der Waals surface area contributed by atoms with Crippen molar-refractivity contribution in [2.75, 3.05) is 26.7 Å². The minimum absolute atomic E-state index is 0.197. The van der Waals surface area contributed by atoms with Crippen LogP contribution in [0.25, 0.3) is 0 Å². The summed E-state index contributed by atoms with van der Waals surface area (Å²) in [5.74, 6) is 0.815. The standard InChI is InChI=1S/C16H27N3O2S/c1-5-17-16(19-11-13(3)15(20)21-4)18-10-12(2)9-14-7-6-8-22-14/h6-8,12-13H,5,9-11H2,1-4H3,(H2,17,18,19). The number of guanidine groups is 1. The number of thiophene rings is 1. The van der Waals surface area contributed by atoms with Crippen molar-refractivity contribution in [1.82, 2.24) is 10.6 Å². The van der Waals surface area contributed by atoms with Gasteiger partial charge in [0.15, 0.2) is 5.96 Å². The molecule has 2 unspecified atom stereocenters. The number of esters is 1. The van der Waals surface area contributed by atoms with Crippen molar-refractivity contribution in [3.05, 3.63) is 22.4 Å². The molecule has 1 aromatic heterocycles. The SMILES string of the molecule is CCNC(=NCC(C)Cc1cccs1)NCC(C)C(=O)OC.